The van der Waals surface area contributed by atoms with Gasteiger partial charge in [0.05, 0.1) is 0 Å². The monoisotopic (exact) mass is 307 g/mol. The van der Waals surface area contributed by atoms with E-state index in [1.807, 2.05) is 0 Å². The van der Waals surface area contributed by atoms with Crippen LogP contribution in [0, 0.1) is 10.6 Å². The van der Waals surface area contributed by atoms with Gasteiger partial charge in [0.25, 0.3) is 0 Å². The largest absolute Gasteiger partial charge is 0.600 e. The molecule has 0 aliphatic heterocycles. The van der Waals surface area contributed by atoms with E-state index >= 15 is 0 Å². The Kier molecular flexibility index (Phi) is 7.72. The number of quaternary nitrogens is 1. The highest BCUT2D eigenvalue weighted by atomic mass is 32.2. The van der Waals surface area contributed by atoms with Crippen LogP contribution < -0.4 is 16.3 Å². The van der Waals surface area contributed by atoms with E-state index in [-0.39, 0.29) is 23.8 Å². The Balaban J connectivity index is 4.43. The Morgan fingerprint density at radius 1 is 1.45 bits per heavy atom. The smallest absolute Gasteiger partial charge is 0.240 e. The Morgan fingerprint density at radius 3 is 2.40 bits per heavy atom. The molecule has 0 aromatic carbocycles. The van der Waals surface area contributed by atoms with Crippen molar-refractivity contribution in [3.8, 4) is 0 Å². The molecule has 0 aromatic rings. The summed E-state index contributed by atoms with van der Waals surface area (Å²) in [5.41, 5.74) is 4.30. The van der Waals surface area contributed by atoms with Crippen LogP contribution in [-0.2, 0) is 14.4 Å². The number of primary amides is 1. The topological polar surface area (TPSA) is 137 Å². The van der Waals surface area contributed by atoms with Crippen molar-refractivity contribution in [1.82, 2.24) is 5.32 Å². The van der Waals surface area contributed by atoms with Crippen LogP contribution in [0.2, 0.25) is 0 Å². The van der Waals surface area contributed by atoms with Gasteiger partial charge in [-0.2, -0.15) is 0 Å². The highest BCUT2D eigenvalue weighted by molar-refractivity contribution is 8.13. The van der Waals surface area contributed by atoms with E-state index in [1.165, 1.54) is 6.92 Å². The fourth-order valence-corrected chi connectivity index (χ4v) is 2.37. The predicted molar refractivity (Wildman–Crippen MR) is 73.6 cm³/mol. The fourth-order valence-electron chi connectivity index (χ4n) is 1.32. The molecule has 0 aromatic heterocycles. The van der Waals surface area contributed by atoms with E-state index < -0.39 is 28.5 Å². The van der Waals surface area contributed by atoms with Gasteiger partial charge < -0.3 is 16.3 Å². The first-order valence-electron chi connectivity index (χ1n) is 6.01. The lowest BCUT2D eigenvalue weighted by atomic mass is 9.91. The normalized spacial score (nSPS) is 14.4. The average Bonchev–Trinajstić information content (AvgIpc) is 2.30. The third-order valence-electron chi connectivity index (χ3n) is 2.62. The van der Waals surface area contributed by atoms with Crippen molar-refractivity contribution >= 4 is 28.7 Å². The Labute approximate surface area is 121 Å². The number of hydrogen-bond donors (Lipinski definition) is 4. The first kappa shape index (κ1) is 18.8. The van der Waals surface area contributed by atoms with E-state index in [0.717, 1.165) is 11.8 Å². The van der Waals surface area contributed by atoms with E-state index in [4.69, 9.17) is 10.9 Å². The molecule has 0 heterocycles. The van der Waals surface area contributed by atoms with Crippen LogP contribution in [0.5, 0.6) is 0 Å². The zero-order valence-corrected chi connectivity index (χ0v) is 12.6. The number of nitrogens with one attached hydrogen (secondary N) is 2. The fraction of sp³-hybridized carbons (Fsp3) is 0.727. The molecule has 116 valence electrons. The number of nitrogens with two attached hydrogens (primary N) is 1. The lowest BCUT2D eigenvalue weighted by Gasteiger charge is -2.24. The lowest BCUT2D eigenvalue weighted by molar-refractivity contribution is -1.05. The van der Waals surface area contributed by atoms with Gasteiger partial charge in [0, 0.05) is 24.5 Å². The molecule has 0 bridgehead atoms. The third kappa shape index (κ3) is 7.43. The minimum atomic E-state index is -0.968. The summed E-state index contributed by atoms with van der Waals surface area (Å²) in [5.74, 6) is -1.10. The predicted octanol–water partition coefficient (Wildman–Crippen LogP) is -1.58. The lowest BCUT2D eigenvalue weighted by Crippen LogP contribution is -3.04. The standard InChI is InChI=1S/C11H21N3O5S/c1-7(15)13-8(9(12)16)6-20-10(17)11(2,3)4-5-14(18)19/h8,14,18H,4-6H2,1-3H3,(H2,12,16)(H,13,15)/t8-/m0/s1. The number of thioether (sulfide) groups is 1. The van der Waals surface area contributed by atoms with Crippen LogP contribution >= 0.6 is 11.8 Å². The van der Waals surface area contributed by atoms with Crippen LogP contribution in [0.1, 0.15) is 27.2 Å². The van der Waals surface area contributed by atoms with Crippen molar-refractivity contribution in [3.63, 3.8) is 0 Å². The SMILES string of the molecule is CC(=O)N[C@@H](CSC(=O)C(C)(C)CC[NH+]([O-])O)C(N)=O. The molecule has 2 atom stereocenters. The van der Waals surface area contributed by atoms with Gasteiger partial charge in [-0.25, -0.2) is 10.4 Å². The summed E-state index contributed by atoms with van der Waals surface area (Å²) in [7, 11) is 0. The summed E-state index contributed by atoms with van der Waals surface area (Å²) < 4.78 is 0. The molecule has 8 nitrogen and oxygen atoms in total. The van der Waals surface area contributed by atoms with Crippen molar-refractivity contribution in [2.24, 2.45) is 11.1 Å². The molecule has 0 rings (SSSR count). The highest BCUT2D eigenvalue weighted by Crippen LogP contribution is 2.27. The van der Waals surface area contributed by atoms with Gasteiger partial charge in [-0.15, -0.1) is 0 Å². The second-order valence-electron chi connectivity index (χ2n) is 5.03. The molecular formula is C11H21N3O5S. The number of rotatable bonds is 8. The van der Waals surface area contributed by atoms with Crippen LogP contribution in [0.3, 0.4) is 0 Å². The van der Waals surface area contributed by atoms with Gasteiger partial charge in [0.15, 0.2) is 5.12 Å². The first-order chi connectivity index (χ1) is 9.06. The molecule has 2 amide bonds. The molecule has 0 aliphatic rings. The average molecular weight is 307 g/mol. The molecule has 0 radical (unpaired) electrons. The summed E-state index contributed by atoms with van der Waals surface area (Å²) in [6.45, 7) is 4.43. The van der Waals surface area contributed by atoms with Gasteiger partial charge in [0.2, 0.25) is 11.8 Å². The Hall–Kier alpha value is -1.16. The molecule has 1 unspecified atom stereocenters. The maximum absolute atomic E-state index is 12.0. The summed E-state index contributed by atoms with van der Waals surface area (Å²) in [6, 6.07) is -0.920. The van der Waals surface area contributed by atoms with Gasteiger partial charge >= 0.3 is 0 Å². The molecular weight excluding hydrogens is 286 g/mol. The number of carbonyl (C=O) groups is 3. The summed E-state index contributed by atoms with van der Waals surface area (Å²) in [4.78, 5) is 34.0. The summed E-state index contributed by atoms with van der Waals surface area (Å²) in [5, 5.41) is 20.3. The molecule has 20 heavy (non-hydrogen) atoms. The maximum atomic E-state index is 12.0. The van der Waals surface area contributed by atoms with Crippen molar-refractivity contribution < 1.29 is 24.8 Å². The second-order valence-corrected chi connectivity index (χ2v) is 6.02. The van der Waals surface area contributed by atoms with E-state index in [2.05, 4.69) is 5.32 Å². The summed E-state index contributed by atoms with van der Waals surface area (Å²) in [6.07, 6.45) is 0.204. The quantitative estimate of drug-likeness (QED) is 0.400. The highest BCUT2D eigenvalue weighted by Gasteiger charge is 2.30. The third-order valence-corrected chi connectivity index (χ3v) is 3.93. The van der Waals surface area contributed by atoms with Crippen LogP contribution in [0.25, 0.3) is 0 Å². The second kappa shape index (κ2) is 8.20. The number of hydrogen-bond acceptors (Lipinski definition) is 6. The minimum Gasteiger partial charge on any atom is -0.600 e. The maximum Gasteiger partial charge on any atom is 0.240 e. The van der Waals surface area contributed by atoms with E-state index in [9.17, 15) is 19.6 Å². The number of amides is 2. The molecule has 5 N–H and O–H groups in total. The minimum absolute atomic E-state index is 0.0320. The van der Waals surface area contributed by atoms with Crippen LogP contribution in [-0.4, -0.2) is 40.5 Å². The van der Waals surface area contributed by atoms with E-state index in [1.54, 1.807) is 13.8 Å². The molecule has 0 saturated heterocycles. The van der Waals surface area contributed by atoms with Crippen molar-refractivity contribution in [2.75, 3.05) is 12.3 Å². The molecule has 9 heteroatoms. The Bertz CT molecular complexity index is 373. The Morgan fingerprint density at radius 2 is 2.00 bits per heavy atom. The number of carbonyl (C=O) groups excluding carboxylic acids is 3. The van der Waals surface area contributed by atoms with Crippen LogP contribution in [0.4, 0.5) is 0 Å². The molecule has 0 saturated carbocycles. The van der Waals surface area contributed by atoms with Crippen molar-refractivity contribution in [3.05, 3.63) is 5.21 Å². The molecule has 0 aliphatic carbocycles. The number of hydroxylamine groups is 2. The molecule has 0 spiro atoms. The van der Waals surface area contributed by atoms with Crippen molar-refractivity contribution in [2.45, 2.75) is 33.2 Å². The zero-order valence-electron chi connectivity index (χ0n) is 11.8. The van der Waals surface area contributed by atoms with Crippen molar-refractivity contribution in [1.29, 1.82) is 0 Å². The van der Waals surface area contributed by atoms with Gasteiger partial charge in [-0.05, 0) is 0 Å². The van der Waals surface area contributed by atoms with Gasteiger partial charge in [-0.3, -0.25) is 14.4 Å². The van der Waals surface area contributed by atoms with E-state index in [0.29, 0.717) is 0 Å². The summed E-state index contributed by atoms with van der Waals surface area (Å²) >= 11 is 0.866. The zero-order chi connectivity index (χ0) is 15.9. The van der Waals surface area contributed by atoms with Gasteiger partial charge in [-0.1, -0.05) is 25.6 Å². The van der Waals surface area contributed by atoms with Crippen LogP contribution in [0.15, 0.2) is 0 Å². The van der Waals surface area contributed by atoms with Gasteiger partial charge in [0.1, 0.15) is 12.6 Å². The first-order valence-corrected chi connectivity index (χ1v) is 7.00. The molecule has 0 fully saturated rings.